The smallest absolute Gasteiger partial charge is 0.277 e. The molecule has 0 atom stereocenters. The van der Waals surface area contributed by atoms with Crippen molar-refractivity contribution in [1.82, 2.24) is 9.80 Å². The van der Waals surface area contributed by atoms with Crippen molar-refractivity contribution in [3.63, 3.8) is 0 Å². The molecule has 1 aliphatic carbocycles. The van der Waals surface area contributed by atoms with Crippen molar-refractivity contribution in [2.75, 3.05) is 7.05 Å². The van der Waals surface area contributed by atoms with Crippen LogP contribution in [0.4, 0.5) is 0 Å². The molecule has 4 nitrogen and oxygen atoms in total. The zero-order valence-electron chi connectivity index (χ0n) is 17.3. The van der Waals surface area contributed by atoms with Crippen LogP contribution < -0.4 is 4.74 Å². The number of carbonyl (C=O) groups is 1. The largest absolute Gasteiger partial charge is 0.489 e. The quantitative estimate of drug-likeness (QED) is 0.375. The van der Waals surface area contributed by atoms with Gasteiger partial charge in [0, 0.05) is 13.1 Å². The van der Waals surface area contributed by atoms with Crippen LogP contribution in [-0.2, 0) is 11.4 Å². The summed E-state index contributed by atoms with van der Waals surface area (Å²) in [6.45, 7) is 0.392. The molecule has 31 heavy (non-hydrogen) atoms. The summed E-state index contributed by atoms with van der Waals surface area (Å²) in [5, 5.41) is 1.63. The Hall–Kier alpha value is -2.08. The first-order valence-corrected chi connectivity index (χ1v) is 11.6. The molecule has 0 N–H and O–H groups in total. The molecule has 1 aliphatic heterocycles. The SMILES string of the molecule is CN1C(=S)N(C2CCCCC2)C(=O)/C1=C/c1ccc(OCc2ccc(Cl)c(Cl)c2)cc1. The molecule has 1 saturated carbocycles. The summed E-state index contributed by atoms with van der Waals surface area (Å²) in [4.78, 5) is 16.7. The predicted octanol–water partition coefficient (Wildman–Crippen LogP) is 6.30. The highest BCUT2D eigenvalue weighted by atomic mass is 35.5. The minimum Gasteiger partial charge on any atom is -0.489 e. The maximum Gasteiger partial charge on any atom is 0.277 e. The molecule has 2 fully saturated rings. The fourth-order valence-electron chi connectivity index (χ4n) is 4.05. The second-order valence-corrected chi connectivity index (χ2v) is 9.12. The van der Waals surface area contributed by atoms with Crippen molar-refractivity contribution in [1.29, 1.82) is 0 Å². The van der Waals surface area contributed by atoms with Gasteiger partial charge in [-0.3, -0.25) is 9.69 Å². The molecule has 1 amide bonds. The number of hydrogen-bond acceptors (Lipinski definition) is 3. The Morgan fingerprint density at radius 3 is 2.45 bits per heavy atom. The highest BCUT2D eigenvalue weighted by molar-refractivity contribution is 7.80. The molecule has 0 bridgehead atoms. The summed E-state index contributed by atoms with van der Waals surface area (Å²) < 4.78 is 5.84. The molecule has 1 saturated heterocycles. The Kier molecular flexibility index (Phi) is 6.85. The molecule has 2 aliphatic rings. The minimum absolute atomic E-state index is 0.000608. The minimum atomic E-state index is -0.000608. The second kappa shape index (κ2) is 9.60. The van der Waals surface area contributed by atoms with Gasteiger partial charge in [0.05, 0.1) is 10.0 Å². The number of benzene rings is 2. The monoisotopic (exact) mass is 474 g/mol. The lowest BCUT2D eigenvalue weighted by molar-refractivity contribution is -0.124. The van der Waals surface area contributed by atoms with E-state index in [-0.39, 0.29) is 11.9 Å². The second-order valence-electron chi connectivity index (χ2n) is 7.94. The molecule has 4 rings (SSSR count). The van der Waals surface area contributed by atoms with Crippen LogP contribution in [0.2, 0.25) is 10.0 Å². The van der Waals surface area contributed by atoms with Crippen molar-refractivity contribution < 1.29 is 9.53 Å². The lowest BCUT2D eigenvalue weighted by Crippen LogP contribution is -2.41. The highest BCUT2D eigenvalue weighted by Crippen LogP contribution is 2.31. The zero-order chi connectivity index (χ0) is 22.0. The fourth-order valence-corrected chi connectivity index (χ4v) is 4.70. The van der Waals surface area contributed by atoms with E-state index in [0.717, 1.165) is 42.6 Å². The Morgan fingerprint density at radius 1 is 1.06 bits per heavy atom. The van der Waals surface area contributed by atoms with E-state index in [1.165, 1.54) is 6.42 Å². The predicted molar refractivity (Wildman–Crippen MR) is 129 cm³/mol. The first-order valence-electron chi connectivity index (χ1n) is 10.4. The van der Waals surface area contributed by atoms with Crippen molar-refractivity contribution in [3.05, 3.63) is 69.3 Å². The lowest BCUT2D eigenvalue weighted by Gasteiger charge is -2.30. The molecule has 7 heteroatoms. The molecule has 0 radical (unpaired) electrons. The average molecular weight is 475 g/mol. The number of rotatable bonds is 5. The maximum atomic E-state index is 13.1. The van der Waals surface area contributed by atoms with Crippen LogP contribution in [0.25, 0.3) is 6.08 Å². The first-order chi connectivity index (χ1) is 14.9. The van der Waals surface area contributed by atoms with Gasteiger partial charge in [0.2, 0.25) is 0 Å². The first kappa shape index (κ1) is 22.1. The average Bonchev–Trinajstić information content (AvgIpc) is 2.99. The third kappa shape index (κ3) is 4.89. The number of nitrogens with zero attached hydrogens (tertiary/aromatic N) is 2. The third-order valence-corrected chi connectivity index (χ3v) is 7.01. The Morgan fingerprint density at radius 2 is 1.77 bits per heavy atom. The van der Waals surface area contributed by atoms with Gasteiger partial charge < -0.3 is 9.64 Å². The number of amides is 1. The van der Waals surface area contributed by atoms with E-state index in [1.807, 2.05) is 53.3 Å². The van der Waals surface area contributed by atoms with Gasteiger partial charge in [0.15, 0.2) is 5.11 Å². The van der Waals surface area contributed by atoms with Crippen LogP contribution in [0.3, 0.4) is 0 Å². The number of ether oxygens (including phenoxy) is 1. The zero-order valence-corrected chi connectivity index (χ0v) is 19.6. The van der Waals surface area contributed by atoms with Crippen LogP contribution in [-0.4, -0.2) is 33.9 Å². The number of halogens is 2. The summed E-state index contributed by atoms with van der Waals surface area (Å²) >= 11 is 17.6. The summed E-state index contributed by atoms with van der Waals surface area (Å²) in [7, 11) is 1.86. The number of thiocarbonyl (C=S) groups is 1. The Balaban J connectivity index is 1.44. The standard InChI is InChI=1S/C24H24Cl2N2O2S/c1-27-22(23(29)28(24(27)31)18-5-3-2-4-6-18)14-16-7-10-19(11-8-16)30-15-17-9-12-20(25)21(26)13-17/h7-14,18H,2-6,15H2,1H3/b22-14-. The fraction of sp³-hybridized carbons (Fsp3) is 0.333. The molecule has 0 unspecified atom stereocenters. The maximum absolute atomic E-state index is 13.1. The van der Waals surface area contributed by atoms with Gasteiger partial charge >= 0.3 is 0 Å². The summed E-state index contributed by atoms with van der Waals surface area (Å²) in [5.74, 6) is 0.734. The van der Waals surface area contributed by atoms with Crippen LogP contribution in [0.5, 0.6) is 5.75 Å². The molecular weight excluding hydrogens is 451 g/mol. The van der Waals surface area contributed by atoms with Gasteiger partial charge in [-0.25, -0.2) is 0 Å². The Bertz CT molecular complexity index is 1020. The van der Waals surface area contributed by atoms with Crippen molar-refractivity contribution in [2.24, 2.45) is 0 Å². The molecular formula is C24H24Cl2N2O2S. The third-order valence-electron chi connectivity index (χ3n) is 5.81. The van der Waals surface area contributed by atoms with E-state index in [1.54, 1.807) is 12.1 Å². The van der Waals surface area contributed by atoms with Crippen LogP contribution in [0.1, 0.15) is 43.2 Å². The van der Waals surface area contributed by atoms with Crippen LogP contribution in [0, 0.1) is 0 Å². The van der Waals surface area contributed by atoms with Gasteiger partial charge in [0.25, 0.3) is 5.91 Å². The molecule has 0 spiro atoms. The van der Waals surface area contributed by atoms with E-state index < -0.39 is 0 Å². The van der Waals surface area contributed by atoms with E-state index in [4.69, 9.17) is 40.2 Å². The van der Waals surface area contributed by atoms with Crippen LogP contribution >= 0.6 is 35.4 Å². The lowest BCUT2D eigenvalue weighted by atomic mass is 9.94. The van der Waals surface area contributed by atoms with Crippen molar-refractivity contribution in [2.45, 2.75) is 44.8 Å². The van der Waals surface area contributed by atoms with Gasteiger partial charge in [-0.2, -0.15) is 0 Å². The highest BCUT2D eigenvalue weighted by Gasteiger charge is 2.40. The summed E-state index contributed by atoms with van der Waals surface area (Å²) in [6, 6.07) is 13.3. The molecule has 2 aromatic rings. The van der Waals surface area contributed by atoms with Crippen LogP contribution in [0.15, 0.2) is 48.2 Å². The number of likely N-dealkylation sites (N-methyl/N-ethyl adjacent to an activating group) is 1. The Labute approximate surface area is 198 Å². The van der Waals surface area contributed by atoms with E-state index in [2.05, 4.69) is 0 Å². The van der Waals surface area contributed by atoms with E-state index >= 15 is 0 Å². The van der Waals surface area contributed by atoms with Gasteiger partial charge in [-0.1, -0.05) is 60.7 Å². The molecule has 162 valence electrons. The van der Waals surface area contributed by atoms with E-state index in [9.17, 15) is 4.79 Å². The van der Waals surface area contributed by atoms with E-state index in [0.29, 0.717) is 27.5 Å². The van der Waals surface area contributed by atoms with Crippen molar-refractivity contribution in [3.8, 4) is 5.75 Å². The van der Waals surface area contributed by atoms with Gasteiger partial charge in [-0.15, -0.1) is 0 Å². The van der Waals surface area contributed by atoms with Crippen molar-refractivity contribution >= 4 is 52.5 Å². The van der Waals surface area contributed by atoms with Gasteiger partial charge in [0.1, 0.15) is 18.1 Å². The molecule has 1 heterocycles. The summed E-state index contributed by atoms with van der Waals surface area (Å²) in [6.07, 6.45) is 7.49. The topological polar surface area (TPSA) is 32.8 Å². The number of hydrogen-bond donors (Lipinski definition) is 0. The normalized spacial score (nSPS) is 18.9. The molecule has 0 aromatic heterocycles. The number of carbonyl (C=O) groups excluding carboxylic acids is 1. The summed E-state index contributed by atoms with van der Waals surface area (Å²) in [5.41, 5.74) is 2.47. The van der Waals surface area contributed by atoms with Gasteiger partial charge in [-0.05, 0) is 66.5 Å². The molecule has 2 aromatic carbocycles.